The first-order valence-corrected chi connectivity index (χ1v) is 7.05. The van der Waals surface area contributed by atoms with Crippen LogP contribution in [0.25, 0.3) is 0 Å². The minimum absolute atomic E-state index is 0.667. The molecule has 0 amide bonds. The third-order valence-electron chi connectivity index (χ3n) is 3.31. The van der Waals surface area contributed by atoms with E-state index in [0.717, 1.165) is 4.88 Å². The molecule has 0 bridgehead atoms. The van der Waals surface area contributed by atoms with Crippen molar-refractivity contribution >= 4 is 11.3 Å². The topological polar surface area (TPSA) is 20.2 Å². The maximum Gasteiger partial charge on any atom is 0.1000 e. The van der Waals surface area contributed by atoms with Crippen LogP contribution in [0.2, 0.25) is 0 Å². The molecule has 1 nitrogen and oxygen atoms in total. The molecule has 0 saturated heterocycles. The number of benzene rings is 1. The first-order valence-electron chi connectivity index (χ1n) is 6.24. The summed E-state index contributed by atoms with van der Waals surface area (Å²) in [6, 6.07) is 10.5. The highest BCUT2D eigenvalue weighted by atomic mass is 32.1. The smallest absolute Gasteiger partial charge is 0.1000 e. The van der Waals surface area contributed by atoms with E-state index >= 15 is 0 Å². The van der Waals surface area contributed by atoms with Gasteiger partial charge in [-0.2, -0.15) is 0 Å². The van der Waals surface area contributed by atoms with E-state index in [1.54, 1.807) is 11.3 Å². The molecule has 2 rings (SSSR count). The summed E-state index contributed by atoms with van der Waals surface area (Å²) >= 11 is 1.67. The number of hydrogen-bond acceptors (Lipinski definition) is 2. The fourth-order valence-electron chi connectivity index (χ4n) is 2.17. The molecule has 2 heteroatoms. The number of thiophene rings is 1. The van der Waals surface area contributed by atoms with E-state index in [-0.39, 0.29) is 0 Å². The van der Waals surface area contributed by atoms with Gasteiger partial charge >= 0.3 is 0 Å². The normalized spacial score (nSPS) is 14.5. The summed E-state index contributed by atoms with van der Waals surface area (Å²) in [6.07, 6.45) is 0.667. The largest absolute Gasteiger partial charge is 0.384 e. The van der Waals surface area contributed by atoms with Crippen molar-refractivity contribution in [1.82, 2.24) is 0 Å². The Morgan fingerprint density at radius 2 is 1.83 bits per heavy atom. The molecule has 96 valence electrons. The lowest BCUT2D eigenvalue weighted by Gasteiger charge is -2.23. The van der Waals surface area contributed by atoms with Gasteiger partial charge < -0.3 is 5.11 Å². The van der Waals surface area contributed by atoms with Gasteiger partial charge in [0.2, 0.25) is 0 Å². The summed E-state index contributed by atoms with van der Waals surface area (Å²) in [5.41, 5.74) is 2.94. The van der Waals surface area contributed by atoms with Gasteiger partial charge in [0, 0.05) is 16.2 Å². The molecule has 1 aromatic carbocycles. The number of aryl methyl sites for hydroxylation is 3. The summed E-state index contributed by atoms with van der Waals surface area (Å²) in [4.78, 5) is 2.28. The Balaban J connectivity index is 2.29. The van der Waals surface area contributed by atoms with Gasteiger partial charge in [-0.3, -0.25) is 0 Å². The Bertz CT molecular complexity index is 552. The first kappa shape index (κ1) is 13.3. The Labute approximate surface area is 113 Å². The SMILES string of the molecule is Cc1ccc(C)c(CC(C)(O)c2ccc(C)s2)c1. The molecular weight excluding hydrogens is 240 g/mol. The van der Waals surface area contributed by atoms with Gasteiger partial charge in [-0.1, -0.05) is 23.8 Å². The molecule has 1 N–H and O–H groups in total. The van der Waals surface area contributed by atoms with E-state index in [9.17, 15) is 5.11 Å². The lowest BCUT2D eigenvalue weighted by atomic mass is 9.91. The summed E-state index contributed by atoms with van der Waals surface area (Å²) in [6.45, 7) is 8.17. The van der Waals surface area contributed by atoms with Crippen LogP contribution >= 0.6 is 11.3 Å². The Morgan fingerprint density at radius 1 is 1.11 bits per heavy atom. The number of rotatable bonds is 3. The second-order valence-electron chi connectivity index (χ2n) is 5.29. The van der Waals surface area contributed by atoms with Gasteiger partial charge in [0.15, 0.2) is 0 Å². The Hall–Kier alpha value is -1.12. The zero-order valence-corrected chi connectivity index (χ0v) is 12.3. The molecule has 1 aromatic heterocycles. The molecule has 1 heterocycles. The lowest BCUT2D eigenvalue weighted by molar-refractivity contribution is 0.0613. The fourth-order valence-corrected chi connectivity index (χ4v) is 3.08. The molecule has 0 aliphatic carbocycles. The van der Waals surface area contributed by atoms with Crippen LogP contribution in [-0.4, -0.2) is 5.11 Å². The van der Waals surface area contributed by atoms with E-state index in [1.807, 2.05) is 13.0 Å². The second kappa shape index (κ2) is 4.87. The number of hydrogen-bond donors (Lipinski definition) is 1. The van der Waals surface area contributed by atoms with E-state index < -0.39 is 5.60 Å². The molecule has 0 spiro atoms. The summed E-state index contributed by atoms with van der Waals surface area (Å²) in [5.74, 6) is 0. The quantitative estimate of drug-likeness (QED) is 0.880. The second-order valence-corrected chi connectivity index (χ2v) is 6.58. The molecule has 1 unspecified atom stereocenters. The highest BCUT2D eigenvalue weighted by Crippen LogP contribution is 2.31. The van der Waals surface area contributed by atoms with Gasteiger partial charge in [0.05, 0.1) is 5.60 Å². The molecule has 1 atom stereocenters. The molecule has 0 aliphatic heterocycles. The molecule has 0 aliphatic rings. The average Bonchev–Trinajstić information content (AvgIpc) is 2.71. The van der Waals surface area contributed by atoms with Crippen molar-refractivity contribution in [3.05, 3.63) is 56.8 Å². The van der Waals surface area contributed by atoms with Crippen LogP contribution in [0.3, 0.4) is 0 Å². The molecule has 18 heavy (non-hydrogen) atoms. The minimum atomic E-state index is -0.780. The third-order valence-corrected chi connectivity index (χ3v) is 4.56. The molecule has 2 aromatic rings. The van der Waals surface area contributed by atoms with Gasteiger partial charge in [-0.25, -0.2) is 0 Å². The zero-order chi connectivity index (χ0) is 13.3. The summed E-state index contributed by atoms with van der Waals surface area (Å²) in [7, 11) is 0. The Kier molecular flexibility index (Phi) is 3.60. The zero-order valence-electron chi connectivity index (χ0n) is 11.4. The maximum atomic E-state index is 10.7. The minimum Gasteiger partial charge on any atom is -0.384 e. The highest BCUT2D eigenvalue weighted by molar-refractivity contribution is 7.12. The van der Waals surface area contributed by atoms with Crippen LogP contribution in [0.4, 0.5) is 0 Å². The van der Waals surface area contributed by atoms with Crippen molar-refractivity contribution in [3.63, 3.8) is 0 Å². The van der Waals surface area contributed by atoms with Crippen LogP contribution in [0, 0.1) is 20.8 Å². The highest BCUT2D eigenvalue weighted by Gasteiger charge is 2.25. The van der Waals surface area contributed by atoms with Crippen LogP contribution in [0.15, 0.2) is 30.3 Å². The lowest BCUT2D eigenvalue weighted by Crippen LogP contribution is -2.23. The van der Waals surface area contributed by atoms with Crippen molar-refractivity contribution in [1.29, 1.82) is 0 Å². The van der Waals surface area contributed by atoms with Gasteiger partial charge in [-0.15, -0.1) is 11.3 Å². The molecule has 0 fully saturated rings. The van der Waals surface area contributed by atoms with Crippen LogP contribution < -0.4 is 0 Å². The van der Waals surface area contributed by atoms with E-state index in [1.165, 1.54) is 21.6 Å². The van der Waals surface area contributed by atoms with Gasteiger partial charge in [0.25, 0.3) is 0 Å². The fraction of sp³-hybridized carbons (Fsp3) is 0.375. The molecular formula is C16H20OS. The van der Waals surface area contributed by atoms with E-state index in [0.29, 0.717) is 6.42 Å². The summed E-state index contributed by atoms with van der Waals surface area (Å²) in [5, 5.41) is 10.7. The Morgan fingerprint density at radius 3 is 2.44 bits per heavy atom. The predicted molar refractivity (Wildman–Crippen MR) is 78.2 cm³/mol. The third kappa shape index (κ3) is 2.82. The molecule has 0 radical (unpaired) electrons. The standard InChI is InChI=1S/C16H20OS/c1-11-5-6-12(2)14(9-11)10-16(4,17)15-8-7-13(3)18-15/h5-9,17H,10H2,1-4H3. The molecule has 0 saturated carbocycles. The van der Waals surface area contributed by atoms with Crippen molar-refractivity contribution in [2.24, 2.45) is 0 Å². The van der Waals surface area contributed by atoms with Crippen LogP contribution in [-0.2, 0) is 12.0 Å². The van der Waals surface area contributed by atoms with Crippen molar-refractivity contribution in [2.45, 2.75) is 39.7 Å². The van der Waals surface area contributed by atoms with Crippen LogP contribution in [0.5, 0.6) is 0 Å². The van der Waals surface area contributed by atoms with Gasteiger partial charge in [0.1, 0.15) is 0 Å². The number of aliphatic hydroxyl groups is 1. The van der Waals surface area contributed by atoms with E-state index in [4.69, 9.17) is 0 Å². The van der Waals surface area contributed by atoms with E-state index in [2.05, 4.69) is 45.0 Å². The monoisotopic (exact) mass is 260 g/mol. The average molecular weight is 260 g/mol. The maximum absolute atomic E-state index is 10.7. The predicted octanol–water partition coefficient (Wildman–Crippen LogP) is 4.12. The summed E-state index contributed by atoms with van der Waals surface area (Å²) < 4.78 is 0. The van der Waals surface area contributed by atoms with Crippen LogP contribution in [0.1, 0.15) is 33.4 Å². The van der Waals surface area contributed by atoms with Gasteiger partial charge in [-0.05, 0) is 51.0 Å². The van der Waals surface area contributed by atoms with Crippen molar-refractivity contribution in [2.75, 3.05) is 0 Å². The first-order chi connectivity index (χ1) is 8.38. The van der Waals surface area contributed by atoms with Crippen molar-refractivity contribution < 1.29 is 5.11 Å². The van der Waals surface area contributed by atoms with Crippen molar-refractivity contribution in [3.8, 4) is 0 Å².